The van der Waals surface area contributed by atoms with Gasteiger partial charge in [0.05, 0.1) is 10.2 Å². The molecule has 0 heterocycles. The fourth-order valence-electron chi connectivity index (χ4n) is 1.95. The molecular formula is C16H16FIN2O3. The minimum Gasteiger partial charge on any atom is -0.490 e. The first-order valence-corrected chi connectivity index (χ1v) is 7.98. The summed E-state index contributed by atoms with van der Waals surface area (Å²) in [5, 5.41) is 0. The van der Waals surface area contributed by atoms with Gasteiger partial charge in [0.2, 0.25) is 0 Å². The molecular weight excluding hydrogens is 414 g/mol. The van der Waals surface area contributed by atoms with Crippen LogP contribution in [0, 0.1) is 9.39 Å². The summed E-state index contributed by atoms with van der Waals surface area (Å²) in [5.74, 6) is 5.27. The van der Waals surface area contributed by atoms with Gasteiger partial charge in [-0.25, -0.2) is 10.2 Å². The van der Waals surface area contributed by atoms with Gasteiger partial charge >= 0.3 is 0 Å². The highest BCUT2D eigenvalue weighted by Crippen LogP contribution is 2.35. The normalized spacial score (nSPS) is 10.3. The smallest absolute Gasteiger partial charge is 0.265 e. The molecule has 23 heavy (non-hydrogen) atoms. The van der Waals surface area contributed by atoms with Gasteiger partial charge in [0.15, 0.2) is 11.5 Å². The number of carbonyl (C=O) groups is 1. The van der Waals surface area contributed by atoms with Crippen molar-refractivity contribution in [2.75, 3.05) is 6.61 Å². The van der Waals surface area contributed by atoms with Crippen LogP contribution in [0.4, 0.5) is 4.39 Å². The maximum absolute atomic E-state index is 13.7. The van der Waals surface area contributed by atoms with E-state index in [0.29, 0.717) is 32.8 Å². The van der Waals surface area contributed by atoms with Gasteiger partial charge < -0.3 is 9.47 Å². The van der Waals surface area contributed by atoms with E-state index in [1.165, 1.54) is 6.07 Å². The van der Waals surface area contributed by atoms with Crippen molar-refractivity contribution in [1.82, 2.24) is 5.43 Å². The third kappa shape index (κ3) is 4.32. The Balaban J connectivity index is 2.29. The van der Waals surface area contributed by atoms with Crippen LogP contribution in [0.1, 0.15) is 22.8 Å². The second-order valence-electron chi connectivity index (χ2n) is 4.57. The number of benzene rings is 2. The standard InChI is InChI=1S/C16H16FIN2O3/c1-2-22-14-8-11(16(21)20-19)7-13(18)15(14)23-9-10-5-3-4-6-12(10)17/h3-8H,2,9,19H2,1H3,(H,20,21). The Hall–Kier alpha value is -1.87. The van der Waals surface area contributed by atoms with Gasteiger partial charge in [0.1, 0.15) is 12.4 Å². The molecule has 2 rings (SSSR count). The molecule has 0 fully saturated rings. The van der Waals surface area contributed by atoms with Gasteiger partial charge in [-0.3, -0.25) is 10.2 Å². The average molecular weight is 430 g/mol. The predicted molar refractivity (Wildman–Crippen MR) is 92.7 cm³/mol. The van der Waals surface area contributed by atoms with Crippen molar-refractivity contribution < 1.29 is 18.7 Å². The fraction of sp³-hybridized carbons (Fsp3) is 0.188. The number of rotatable bonds is 6. The average Bonchev–Trinajstić information content (AvgIpc) is 2.55. The molecule has 0 aliphatic carbocycles. The van der Waals surface area contributed by atoms with Crippen LogP contribution in [0.25, 0.3) is 0 Å². The predicted octanol–water partition coefficient (Wildman–Crippen LogP) is 3.01. The monoisotopic (exact) mass is 430 g/mol. The Morgan fingerprint density at radius 3 is 2.70 bits per heavy atom. The summed E-state index contributed by atoms with van der Waals surface area (Å²) in [5.41, 5.74) is 2.87. The van der Waals surface area contributed by atoms with Gasteiger partial charge in [-0.05, 0) is 47.7 Å². The molecule has 122 valence electrons. The van der Waals surface area contributed by atoms with Crippen molar-refractivity contribution in [1.29, 1.82) is 0 Å². The minimum atomic E-state index is -0.426. The number of hydrazine groups is 1. The molecule has 5 nitrogen and oxygen atoms in total. The molecule has 2 aromatic carbocycles. The number of nitrogen functional groups attached to an aromatic ring is 1. The highest BCUT2D eigenvalue weighted by atomic mass is 127. The zero-order valence-electron chi connectivity index (χ0n) is 12.4. The molecule has 3 N–H and O–H groups in total. The highest BCUT2D eigenvalue weighted by Gasteiger charge is 2.16. The second-order valence-corrected chi connectivity index (χ2v) is 5.73. The highest BCUT2D eigenvalue weighted by molar-refractivity contribution is 14.1. The number of halogens is 2. The third-order valence-corrected chi connectivity index (χ3v) is 3.83. The van der Waals surface area contributed by atoms with E-state index in [1.807, 2.05) is 29.5 Å². The summed E-state index contributed by atoms with van der Waals surface area (Å²) < 4.78 is 25.6. The summed E-state index contributed by atoms with van der Waals surface area (Å²) >= 11 is 2.03. The van der Waals surface area contributed by atoms with E-state index >= 15 is 0 Å². The van der Waals surface area contributed by atoms with Crippen LogP contribution in [-0.2, 0) is 6.61 Å². The van der Waals surface area contributed by atoms with E-state index in [-0.39, 0.29) is 12.4 Å². The van der Waals surface area contributed by atoms with Gasteiger partial charge in [-0.15, -0.1) is 0 Å². The summed E-state index contributed by atoms with van der Waals surface area (Å²) in [6, 6.07) is 9.56. The minimum absolute atomic E-state index is 0.0607. The van der Waals surface area contributed by atoms with Crippen molar-refractivity contribution in [3.8, 4) is 11.5 Å². The van der Waals surface area contributed by atoms with E-state index in [1.54, 1.807) is 30.3 Å². The van der Waals surface area contributed by atoms with Crippen LogP contribution in [0.5, 0.6) is 11.5 Å². The first-order valence-electron chi connectivity index (χ1n) is 6.90. The molecule has 0 aliphatic rings. The van der Waals surface area contributed by atoms with Crippen molar-refractivity contribution >= 4 is 28.5 Å². The number of ether oxygens (including phenoxy) is 2. The lowest BCUT2D eigenvalue weighted by Crippen LogP contribution is -2.30. The molecule has 0 aliphatic heterocycles. The van der Waals surface area contributed by atoms with Crippen LogP contribution >= 0.6 is 22.6 Å². The molecule has 0 spiro atoms. The van der Waals surface area contributed by atoms with E-state index in [9.17, 15) is 9.18 Å². The van der Waals surface area contributed by atoms with Crippen LogP contribution in [0.15, 0.2) is 36.4 Å². The summed E-state index contributed by atoms with van der Waals surface area (Å²) in [6.07, 6.45) is 0. The first-order chi connectivity index (χ1) is 11.1. The first kappa shape index (κ1) is 17.5. The van der Waals surface area contributed by atoms with E-state index in [0.717, 1.165) is 0 Å². The number of hydrogen-bond donors (Lipinski definition) is 2. The van der Waals surface area contributed by atoms with Crippen LogP contribution in [0.3, 0.4) is 0 Å². The Morgan fingerprint density at radius 1 is 1.30 bits per heavy atom. The molecule has 1 amide bonds. The van der Waals surface area contributed by atoms with Crippen LogP contribution in [0.2, 0.25) is 0 Å². The Bertz CT molecular complexity index is 710. The number of nitrogens with two attached hydrogens (primary N) is 1. The van der Waals surface area contributed by atoms with E-state index in [2.05, 4.69) is 5.43 Å². The lowest BCUT2D eigenvalue weighted by atomic mass is 10.2. The van der Waals surface area contributed by atoms with E-state index < -0.39 is 5.91 Å². The molecule has 2 aromatic rings. The largest absolute Gasteiger partial charge is 0.490 e. The molecule has 0 aromatic heterocycles. The lowest BCUT2D eigenvalue weighted by molar-refractivity contribution is 0.0953. The fourth-order valence-corrected chi connectivity index (χ4v) is 2.71. The molecule has 7 heteroatoms. The van der Waals surface area contributed by atoms with Crippen molar-refractivity contribution in [2.45, 2.75) is 13.5 Å². The Labute approximate surface area is 147 Å². The quantitative estimate of drug-likeness (QED) is 0.320. The number of hydrogen-bond acceptors (Lipinski definition) is 4. The Morgan fingerprint density at radius 2 is 2.04 bits per heavy atom. The number of amides is 1. The molecule has 0 saturated carbocycles. The zero-order chi connectivity index (χ0) is 16.8. The van der Waals surface area contributed by atoms with Gasteiger partial charge in [0, 0.05) is 11.1 Å². The Kier molecular flexibility index (Phi) is 6.17. The number of carbonyl (C=O) groups excluding carboxylic acids is 1. The van der Waals surface area contributed by atoms with Crippen molar-refractivity contribution in [3.05, 3.63) is 56.9 Å². The van der Waals surface area contributed by atoms with Gasteiger partial charge in [-0.2, -0.15) is 0 Å². The maximum atomic E-state index is 13.7. The topological polar surface area (TPSA) is 73.6 Å². The molecule has 0 bridgehead atoms. The summed E-state index contributed by atoms with van der Waals surface area (Å²) in [7, 11) is 0. The second kappa shape index (κ2) is 8.11. The number of nitrogens with one attached hydrogen (secondary N) is 1. The van der Waals surface area contributed by atoms with Crippen molar-refractivity contribution in [3.63, 3.8) is 0 Å². The molecule has 0 unspecified atom stereocenters. The van der Waals surface area contributed by atoms with Crippen LogP contribution < -0.4 is 20.7 Å². The van der Waals surface area contributed by atoms with Crippen LogP contribution in [-0.4, -0.2) is 12.5 Å². The van der Waals surface area contributed by atoms with Crippen molar-refractivity contribution in [2.24, 2.45) is 5.84 Å². The summed E-state index contributed by atoms with van der Waals surface area (Å²) in [6.45, 7) is 2.29. The molecule has 0 radical (unpaired) electrons. The lowest BCUT2D eigenvalue weighted by Gasteiger charge is -2.15. The van der Waals surface area contributed by atoms with Gasteiger partial charge in [-0.1, -0.05) is 18.2 Å². The third-order valence-electron chi connectivity index (χ3n) is 3.03. The van der Waals surface area contributed by atoms with E-state index in [4.69, 9.17) is 15.3 Å². The summed E-state index contributed by atoms with van der Waals surface area (Å²) in [4.78, 5) is 11.7. The molecule has 0 saturated heterocycles. The molecule has 0 atom stereocenters. The maximum Gasteiger partial charge on any atom is 0.265 e. The zero-order valence-corrected chi connectivity index (χ0v) is 14.6. The SMILES string of the molecule is CCOc1cc(C(=O)NN)cc(I)c1OCc1ccccc1F. The van der Waals surface area contributed by atoms with Gasteiger partial charge in [0.25, 0.3) is 5.91 Å².